The number of nitrogens with zero attached hydrogens (tertiary/aromatic N) is 6. The molecule has 1 fully saturated rings. The van der Waals surface area contributed by atoms with E-state index in [4.69, 9.17) is 9.47 Å². The van der Waals surface area contributed by atoms with Crippen molar-refractivity contribution in [2.24, 2.45) is 23.7 Å². The molecule has 1 aliphatic heterocycles. The zero-order chi connectivity index (χ0) is 95.3. The van der Waals surface area contributed by atoms with Gasteiger partial charge in [0, 0.05) is 67.6 Å². The van der Waals surface area contributed by atoms with Crippen LogP contribution in [0.3, 0.4) is 0 Å². The number of hydrogen-bond acceptors (Lipinski definition) is 16. The molecule has 12 atom stereocenters. The number of piperidine rings is 1. The van der Waals surface area contributed by atoms with Crippen LogP contribution in [0.1, 0.15) is 169 Å². The molecule has 0 bridgehead atoms. The first-order chi connectivity index (χ1) is 61.0. The van der Waals surface area contributed by atoms with Crippen LogP contribution in [-0.4, -0.2) is 250 Å². The molecule has 0 saturated carbocycles. The molecule has 6 aromatic rings. The van der Waals surface area contributed by atoms with E-state index in [0.717, 1.165) is 24.2 Å². The highest BCUT2D eigenvalue weighted by molar-refractivity contribution is 6.00. The van der Waals surface area contributed by atoms with Gasteiger partial charge in [-0.3, -0.25) is 62.3 Å². The Kier molecular flexibility index (Phi) is 39.2. The fourth-order valence-electron chi connectivity index (χ4n) is 16.0. The van der Waals surface area contributed by atoms with Crippen molar-refractivity contribution < 1.29 is 81.7 Å². The van der Waals surface area contributed by atoms with Crippen molar-refractivity contribution in [3.8, 4) is 0 Å². The number of rotatable bonds is 44. The molecule has 0 radical (unpaired) electrons. The number of carbonyl (C=O) groups is 14. The third-order valence-electron chi connectivity index (χ3n) is 23.1. The number of amides is 13. The van der Waals surface area contributed by atoms with Gasteiger partial charge in [-0.2, -0.15) is 0 Å². The van der Waals surface area contributed by atoms with Gasteiger partial charge in [-0.25, -0.2) is 4.79 Å². The number of alkyl carbamates (subject to hydrolysis) is 1. The zero-order valence-electron chi connectivity index (χ0n) is 78.2. The van der Waals surface area contributed by atoms with Gasteiger partial charge in [0.15, 0.2) is 0 Å². The van der Waals surface area contributed by atoms with Crippen LogP contribution in [0.4, 0.5) is 4.79 Å². The molecule has 30 nitrogen and oxygen atoms in total. The summed E-state index contributed by atoms with van der Waals surface area (Å²) in [7, 11) is 6.89. The van der Waals surface area contributed by atoms with Crippen LogP contribution >= 0.6 is 0 Å². The molecule has 1 aliphatic rings. The van der Waals surface area contributed by atoms with E-state index in [1.165, 1.54) is 61.8 Å². The van der Waals surface area contributed by atoms with Crippen molar-refractivity contribution in [2.75, 3.05) is 54.9 Å². The molecule has 6 aromatic carbocycles. The number of likely N-dealkylation sites (tertiary alicyclic amines) is 1. The first-order valence-corrected chi connectivity index (χ1v) is 44.5. The number of benzene rings is 6. The first-order valence-electron chi connectivity index (χ1n) is 44.5. The Bertz CT molecular complexity index is 4630. The Labute approximate surface area is 759 Å². The number of carboxylic acid groups (broad SMARTS) is 1. The van der Waals surface area contributed by atoms with E-state index < -0.39 is 186 Å². The smallest absolute Gasteiger partial charge is 0.408 e. The Morgan fingerprint density at radius 2 is 0.806 bits per heavy atom. The van der Waals surface area contributed by atoms with Gasteiger partial charge < -0.3 is 81.2 Å². The van der Waals surface area contributed by atoms with Crippen LogP contribution in [0.5, 0.6) is 0 Å². The lowest BCUT2D eigenvalue weighted by Crippen LogP contribution is -2.63. The highest BCUT2D eigenvalue weighted by Crippen LogP contribution is 2.42. The van der Waals surface area contributed by atoms with E-state index in [1.807, 2.05) is 119 Å². The first kappa shape index (κ1) is 104. The van der Waals surface area contributed by atoms with Crippen LogP contribution in [0.25, 0.3) is 0 Å². The number of ether oxygens (including phenoxy) is 2. The van der Waals surface area contributed by atoms with Crippen LogP contribution in [0.15, 0.2) is 182 Å². The molecule has 698 valence electrons. The molecule has 30 heteroatoms. The quantitative estimate of drug-likeness (QED) is 0.0166. The lowest BCUT2D eigenvalue weighted by molar-refractivity contribution is -0.151. The van der Waals surface area contributed by atoms with Crippen LogP contribution in [0.2, 0.25) is 0 Å². The molecule has 1 heterocycles. The second kappa shape index (κ2) is 48.7. The van der Waals surface area contributed by atoms with E-state index in [1.54, 1.807) is 158 Å². The summed E-state index contributed by atoms with van der Waals surface area (Å²) in [5.41, 5.74) is 1.31. The number of nitrogens with one attached hydrogen (secondary N) is 7. The second-order valence-corrected chi connectivity index (χ2v) is 36.1. The average Bonchev–Trinajstić information content (AvgIpc) is 0.747. The molecule has 7 rings (SSSR count). The van der Waals surface area contributed by atoms with Gasteiger partial charge in [-0.1, -0.05) is 237 Å². The number of hydrogen-bond donors (Lipinski definition) is 8. The van der Waals surface area contributed by atoms with Crippen molar-refractivity contribution >= 4 is 82.9 Å². The third-order valence-corrected chi connectivity index (χ3v) is 23.1. The summed E-state index contributed by atoms with van der Waals surface area (Å²) in [5, 5.41) is 29.6. The molecular formula is C99H135N13O17. The summed E-state index contributed by atoms with van der Waals surface area (Å²) in [4.78, 5) is 213. The van der Waals surface area contributed by atoms with Gasteiger partial charge in [0.2, 0.25) is 70.9 Å². The molecule has 0 aromatic heterocycles. The minimum absolute atomic E-state index is 0.0362. The van der Waals surface area contributed by atoms with Crippen LogP contribution in [-0.2, 0) is 96.7 Å². The summed E-state index contributed by atoms with van der Waals surface area (Å²) < 4.78 is 12.9. The lowest BCUT2D eigenvalue weighted by Gasteiger charge is -2.41. The highest BCUT2D eigenvalue weighted by atomic mass is 16.6. The number of aliphatic carboxylic acids is 1. The molecular weight excluding hydrogens is 1640 g/mol. The SMILES string of the molecule is CC(C)C[C@@H](C(=O)N(C)[C@H](C(=O)N[C@@H](Cc1ccccc1)C(=O)N[C@@H](CC(=O)O)C(=O)N(C)[C@@H](Cc1ccccc1)C(=O)N[C@@H](C)C(=O)N1CCCCC1)C(C)C)N(C)C(=O)CNC(=O)[C@H](Cc1ccccc1)N(C)C(=O)[C@@H](NC(=O)[C@H](CC(C)C)N(C)C(=O)[C@@H](NC(=O)[C@H](C)NC(=O)OC(C)(C)C)C(C)C)[C@@H](C)OC(c1ccccc1)(c1ccccc1)c1ccccc1. The van der Waals surface area contributed by atoms with Gasteiger partial charge in [0.05, 0.1) is 19.1 Å². The van der Waals surface area contributed by atoms with E-state index in [2.05, 4.69) is 37.2 Å². The van der Waals surface area contributed by atoms with E-state index in [0.29, 0.717) is 46.5 Å². The Hall–Kier alpha value is -12.3. The Morgan fingerprint density at radius 3 is 1.26 bits per heavy atom. The molecule has 129 heavy (non-hydrogen) atoms. The van der Waals surface area contributed by atoms with Gasteiger partial charge >= 0.3 is 12.1 Å². The maximum Gasteiger partial charge on any atom is 0.408 e. The predicted molar refractivity (Wildman–Crippen MR) is 491 cm³/mol. The summed E-state index contributed by atoms with van der Waals surface area (Å²) in [6.07, 6.45) is -0.886. The van der Waals surface area contributed by atoms with Crippen molar-refractivity contribution in [2.45, 2.75) is 238 Å². The van der Waals surface area contributed by atoms with Gasteiger partial charge in [-0.05, 0) is 131 Å². The minimum Gasteiger partial charge on any atom is -0.481 e. The summed E-state index contributed by atoms with van der Waals surface area (Å²) in [6.45, 7) is 24.1. The summed E-state index contributed by atoms with van der Waals surface area (Å²) >= 11 is 0. The Morgan fingerprint density at radius 1 is 0.395 bits per heavy atom. The molecule has 0 spiro atoms. The van der Waals surface area contributed by atoms with Gasteiger partial charge in [0.25, 0.3) is 0 Å². The van der Waals surface area contributed by atoms with Crippen molar-refractivity contribution in [1.29, 1.82) is 0 Å². The molecule has 13 amide bonds. The second-order valence-electron chi connectivity index (χ2n) is 36.1. The maximum atomic E-state index is 16.4. The zero-order valence-corrected chi connectivity index (χ0v) is 78.2. The molecule has 0 unspecified atom stereocenters. The van der Waals surface area contributed by atoms with E-state index in [9.17, 15) is 33.9 Å². The van der Waals surface area contributed by atoms with Crippen LogP contribution in [0, 0.1) is 23.7 Å². The standard InChI is InChI=1S/C99H135N13O17/c1-62(2)55-77(109(17)95(125)83(64(5)6)105-86(116)66(9)102-97(127)129-98(12,13)14)90(120)106-84(68(11)128-99(72-47-33-23-34-48-72,73-49-35-24-36-50-73)74-51-37-25-38-52-74)96(126)110(18)78(58-70-43-29-21-30-44-70)88(118)100-61-81(113)107(15)80(56-63(3)4)94(124)111(19)85(65(7)8)91(121)103-75(57-69-41-27-20-28-42-69)87(117)104-76(60-82(114)115)93(123)108(16)79(59-71-45-31-22-32-46-71)89(119)101-67(10)92(122)112-53-39-26-40-54-112/h20-25,27-38,41-52,62-68,75-80,83-85H,26,39-40,53-61H2,1-19H3,(H,100,118)(H,101,119)(H,102,127)(H,103,121)(H,104,117)(H,105,116)(H,106,120)(H,114,115)/t66-,67-,68+,75-,76-,77-,78-,79-,80-,83-,84-,85-/m0/s1. The minimum atomic E-state index is -1.81. The lowest BCUT2D eigenvalue weighted by atomic mass is 9.79. The highest BCUT2D eigenvalue weighted by Gasteiger charge is 2.47. The van der Waals surface area contributed by atoms with Crippen LogP contribution < -0.4 is 37.2 Å². The summed E-state index contributed by atoms with van der Waals surface area (Å²) in [6, 6.07) is 38.9. The normalized spacial score (nSPS) is 15.1. The van der Waals surface area contributed by atoms with E-state index >= 15 is 38.4 Å². The number of carboxylic acids is 1. The molecule has 0 aliphatic carbocycles. The number of likely N-dealkylation sites (N-methyl/N-ethyl adjacent to an activating group) is 5. The maximum absolute atomic E-state index is 16.4. The molecule has 8 N–H and O–H groups in total. The topological polar surface area (TPSA) is 381 Å². The van der Waals surface area contributed by atoms with Crippen molar-refractivity contribution in [3.63, 3.8) is 0 Å². The largest absolute Gasteiger partial charge is 0.481 e. The summed E-state index contributed by atoms with van der Waals surface area (Å²) in [5.74, 6) is -12.3. The predicted octanol–water partition coefficient (Wildman–Crippen LogP) is 8.61. The Balaban J connectivity index is 1.19. The number of carbonyl (C=O) groups excluding carboxylic acids is 13. The fraction of sp³-hybridized carbons (Fsp3) is 0.495. The third kappa shape index (κ3) is 29.6. The van der Waals surface area contributed by atoms with E-state index in [-0.39, 0.29) is 49.8 Å². The van der Waals surface area contributed by atoms with Crippen molar-refractivity contribution in [3.05, 3.63) is 215 Å². The fourth-order valence-corrected chi connectivity index (χ4v) is 16.0. The van der Waals surface area contributed by atoms with Gasteiger partial charge in [-0.15, -0.1) is 0 Å². The van der Waals surface area contributed by atoms with Crippen molar-refractivity contribution in [1.82, 2.24) is 66.6 Å². The molecule has 1 saturated heterocycles. The monoisotopic (exact) mass is 1780 g/mol. The average molecular weight is 1780 g/mol. The van der Waals surface area contributed by atoms with Gasteiger partial charge in [0.1, 0.15) is 77.7 Å².